The molecule has 4 aromatic rings. The van der Waals surface area contributed by atoms with Crippen LogP contribution in [0.1, 0.15) is 46.5 Å². The molecule has 0 radical (unpaired) electrons. The van der Waals surface area contributed by atoms with Gasteiger partial charge < -0.3 is 13.9 Å². The lowest BCUT2D eigenvalue weighted by molar-refractivity contribution is 0.0469. The molecule has 0 aliphatic rings. The van der Waals surface area contributed by atoms with Crippen LogP contribution in [0.4, 0.5) is 4.39 Å². The molecule has 4 rings (SSSR count). The van der Waals surface area contributed by atoms with E-state index in [1.807, 2.05) is 57.2 Å². The van der Waals surface area contributed by atoms with Gasteiger partial charge in [0.1, 0.15) is 23.8 Å². The molecule has 3 aromatic carbocycles. The number of hydrogen-bond acceptors (Lipinski definition) is 5. The van der Waals surface area contributed by atoms with E-state index in [1.165, 1.54) is 24.3 Å². The molecule has 34 heavy (non-hydrogen) atoms. The number of halogens is 1. The third-order valence-corrected chi connectivity index (χ3v) is 5.53. The van der Waals surface area contributed by atoms with Crippen LogP contribution in [-0.4, -0.2) is 12.1 Å². The minimum atomic E-state index is -0.618. The Morgan fingerprint density at radius 3 is 2.35 bits per heavy atom. The van der Waals surface area contributed by atoms with Gasteiger partial charge in [-0.15, -0.1) is 0 Å². The molecule has 1 heterocycles. The van der Waals surface area contributed by atoms with Crippen molar-refractivity contribution in [3.05, 3.63) is 111 Å². The number of aryl methyl sites for hydroxylation is 1. The Hall–Kier alpha value is -3.93. The highest BCUT2D eigenvalue weighted by atomic mass is 19.1. The predicted octanol–water partition coefficient (Wildman–Crippen LogP) is 5.98. The van der Waals surface area contributed by atoms with Crippen LogP contribution in [0.15, 0.2) is 75.9 Å². The van der Waals surface area contributed by atoms with Crippen molar-refractivity contribution in [3.63, 3.8) is 0 Å². The largest absolute Gasteiger partial charge is 0.490 e. The van der Waals surface area contributed by atoms with Gasteiger partial charge in [-0.3, -0.25) is 0 Å². The average Bonchev–Trinajstić information content (AvgIpc) is 2.81. The molecule has 0 amide bonds. The first kappa shape index (κ1) is 23.2. The first-order valence-electron chi connectivity index (χ1n) is 11.0. The number of ether oxygens (including phenoxy) is 2. The molecular weight excluding hydrogens is 435 g/mol. The number of benzene rings is 3. The highest BCUT2D eigenvalue weighted by Gasteiger charge is 2.20. The van der Waals surface area contributed by atoms with Crippen molar-refractivity contribution in [1.82, 2.24) is 0 Å². The number of rotatable bonds is 7. The van der Waals surface area contributed by atoms with Gasteiger partial charge in [0.05, 0.1) is 17.2 Å². The van der Waals surface area contributed by atoms with Crippen LogP contribution in [0.25, 0.3) is 11.0 Å². The monoisotopic (exact) mass is 460 g/mol. The number of carbonyl (C=O) groups excluding carboxylic acids is 1. The van der Waals surface area contributed by atoms with Crippen LogP contribution < -0.4 is 10.4 Å². The summed E-state index contributed by atoms with van der Waals surface area (Å²) in [6.07, 6.45) is 0.304. The number of carbonyl (C=O) groups is 1. The molecule has 0 saturated heterocycles. The molecule has 6 heteroatoms. The summed E-state index contributed by atoms with van der Waals surface area (Å²) in [6.45, 7) is 5.47. The Labute approximate surface area is 196 Å². The van der Waals surface area contributed by atoms with E-state index in [4.69, 9.17) is 13.9 Å². The van der Waals surface area contributed by atoms with Crippen LogP contribution in [0.5, 0.6) is 5.75 Å². The maximum atomic E-state index is 13.2. The maximum absolute atomic E-state index is 13.2. The molecule has 0 N–H and O–H groups in total. The van der Waals surface area contributed by atoms with E-state index in [0.717, 1.165) is 16.5 Å². The van der Waals surface area contributed by atoms with Crippen LogP contribution >= 0.6 is 0 Å². The topological polar surface area (TPSA) is 65.7 Å². The Kier molecular flexibility index (Phi) is 6.77. The fourth-order valence-corrected chi connectivity index (χ4v) is 3.80. The highest BCUT2D eigenvalue weighted by Crippen LogP contribution is 2.32. The van der Waals surface area contributed by atoms with Crippen LogP contribution in [0.3, 0.4) is 0 Å². The molecule has 0 aliphatic carbocycles. The number of esters is 1. The highest BCUT2D eigenvalue weighted by molar-refractivity contribution is 5.90. The maximum Gasteiger partial charge on any atom is 0.340 e. The van der Waals surface area contributed by atoms with Gasteiger partial charge in [0.15, 0.2) is 0 Å². The zero-order valence-electron chi connectivity index (χ0n) is 19.3. The van der Waals surface area contributed by atoms with Crippen molar-refractivity contribution in [1.29, 1.82) is 0 Å². The summed E-state index contributed by atoms with van der Waals surface area (Å²) in [5.41, 5.74) is 2.95. The predicted molar refractivity (Wildman–Crippen MR) is 128 cm³/mol. The van der Waals surface area contributed by atoms with Crippen molar-refractivity contribution in [3.8, 4) is 5.75 Å². The standard InChI is InChI=1S/C28H25FO5/c1-17(2)33-25-14-13-22-18(3)23(15-19-7-5-4-6-8-19)28(31)34-26(22)24(25)16-32-27(30)20-9-11-21(29)12-10-20/h4-14,17H,15-16H2,1-3H3. The second kappa shape index (κ2) is 9.91. The lowest BCUT2D eigenvalue weighted by Gasteiger charge is -2.17. The lowest BCUT2D eigenvalue weighted by Crippen LogP contribution is -2.14. The molecule has 0 fully saturated rings. The Morgan fingerprint density at radius 2 is 1.68 bits per heavy atom. The van der Waals surface area contributed by atoms with E-state index >= 15 is 0 Å². The van der Waals surface area contributed by atoms with Gasteiger partial charge in [-0.05, 0) is 68.3 Å². The van der Waals surface area contributed by atoms with E-state index < -0.39 is 17.4 Å². The van der Waals surface area contributed by atoms with Crippen molar-refractivity contribution >= 4 is 16.9 Å². The molecular formula is C28H25FO5. The summed E-state index contributed by atoms with van der Waals surface area (Å²) >= 11 is 0. The van der Waals surface area contributed by atoms with Gasteiger partial charge in [0.2, 0.25) is 0 Å². The molecule has 174 valence electrons. The van der Waals surface area contributed by atoms with E-state index in [2.05, 4.69) is 0 Å². The molecule has 1 aromatic heterocycles. The average molecular weight is 461 g/mol. The summed E-state index contributed by atoms with van der Waals surface area (Å²) in [4.78, 5) is 25.5. The van der Waals surface area contributed by atoms with Gasteiger partial charge >= 0.3 is 11.6 Å². The molecule has 0 atom stereocenters. The Balaban J connectivity index is 1.74. The SMILES string of the molecule is Cc1c(Cc2ccccc2)c(=O)oc2c(COC(=O)c3ccc(F)cc3)c(OC(C)C)ccc12. The normalized spacial score (nSPS) is 11.1. The smallest absolute Gasteiger partial charge is 0.340 e. The summed E-state index contributed by atoms with van der Waals surface area (Å²) < 4.78 is 30.4. The number of fused-ring (bicyclic) bond motifs is 1. The van der Waals surface area contributed by atoms with Crippen molar-refractivity contribution in [2.75, 3.05) is 0 Å². The second-order valence-electron chi connectivity index (χ2n) is 8.32. The summed E-state index contributed by atoms with van der Waals surface area (Å²) in [6, 6.07) is 18.4. The molecule has 0 bridgehead atoms. The van der Waals surface area contributed by atoms with E-state index in [-0.39, 0.29) is 18.3 Å². The van der Waals surface area contributed by atoms with Gasteiger partial charge in [-0.2, -0.15) is 0 Å². The van der Waals surface area contributed by atoms with Gasteiger partial charge in [0.25, 0.3) is 0 Å². The second-order valence-corrected chi connectivity index (χ2v) is 8.32. The summed E-state index contributed by atoms with van der Waals surface area (Å²) in [5.74, 6) is -0.596. The summed E-state index contributed by atoms with van der Waals surface area (Å²) in [7, 11) is 0. The molecule has 0 saturated carbocycles. The first-order valence-corrected chi connectivity index (χ1v) is 11.0. The van der Waals surface area contributed by atoms with Crippen molar-refractivity contribution < 1.29 is 23.1 Å². The van der Waals surface area contributed by atoms with Gasteiger partial charge in [-0.25, -0.2) is 14.0 Å². The minimum Gasteiger partial charge on any atom is -0.490 e. The Morgan fingerprint density at radius 1 is 0.971 bits per heavy atom. The van der Waals surface area contributed by atoms with E-state index in [9.17, 15) is 14.0 Å². The minimum absolute atomic E-state index is 0.144. The Bertz CT molecular complexity index is 1370. The third-order valence-electron chi connectivity index (χ3n) is 5.53. The zero-order chi connectivity index (χ0) is 24.2. The van der Waals surface area contributed by atoms with Crippen LogP contribution in [0, 0.1) is 12.7 Å². The number of hydrogen-bond donors (Lipinski definition) is 0. The molecule has 0 aliphatic heterocycles. The first-order chi connectivity index (χ1) is 16.3. The van der Waals surface area contributed by atoms with Crippen molar-refractivity contribution in [2.24, 2.45) is 0 Å². The van der Waals surface area contributed by atoms with E-state index in [0.29, 0.717) is 28.9 Å². The third kappa shape index (κ3) is 5.01. The van der Waals surface area contributed by atoms with Crippen LogP contribution in [-0.2, 0) is 17.8 Å². The van der Waals surface area contributed by atoms with Crippen LogP contribution in [0.2, 0.25) is 0 Å². The van der Waals surface area contributed by atoms with Gasteiger partial charge in [0, 0.05) is 17.4 Å². The van der Waals surface area contributed by atoms with E-state index in [1.54, 1.807) is 6.07 Å². The van der Waals surface area contributed by atoms with Gasteiger partial charge in [-0.1, -0.05) is 30.3 Å². The zero-order valence-corrected chi connectivity index (χ0v) is 19.3. The fourth-order valence-electron chi connectivity index (χ4n) is 3.80. The molecule has 5 nitrogen and oxygen atoms in total. The fraction of sp³-hybridized carbons (Fsp3) is 0.214. The summed E-state index contributed by atoms with van der Waals surface area (Å²) in [5, 5.41) is 0.745. The quantitative estimate of drug-likeness (QED) is 0.251. The molecule has 0 unspecified atom stereocenters. The molecule has 0 spiro atoms. The lowest BCUT2D eigenvalue weighted by atomic mass is 9.98. The van der Waals surface area contributed by atoms with Crippen molar-refractivity contribution in [2.45, 2.75) is 39.9 Å².